The van der Waals surface area contributed by atoms with E-state index in [1.165, 1.54) is 6.21 Å². The van der Waals surface area contributed by atoms with E-state index in [0.717, 1.165) is 19.3 Å². The van der Waals surface area contributed by atoms with E-state index in [-0.39, 0.29) is 31.6 Å². The fourth-order valence-electron chi connectivity index (χ4n) is 3.20. The predicted octanol–water partition coefficient (Wildman–Crippen LogP) is 0.0677. The minimum absolute atomic E-state index is 0.0218. The minimum Gasteiger partial charge on any atom is -0.386 e. The molecule has 0 aliphatic heterocycles. The van der Waals surface area contributed by atoms with E-state index in [1.807, 2.05) is 0 Å². The Balaban J connectivity index is 1.73. The topological polar surface area (TPSA) is 167 Å². The Bertz CT molecular complexity index is 835. The molecule has 0 aliphatic rings. The van der Waals surface area contributed by atoms with Gasteiger partial charge in [0.15, 0.2) is 6.61 Å². The van der Waals surface area contributed by atoms with E-state index < -0.39 is 6.23 Å². The van der Waals surface area contributed by atoms with Crippen LogP contribution in [0, 0.1) is 12.1 Å². The normalized spacial score (nSPS) is 11.8. The van der Waals surface area contributed by atoms with Gasteiger partial charge in [0, 0.05) is 25.2 Å². The lowest BCUT2D eigenvalue weighted by molar-refractivity contribution is -0.127. The number of rotatable bonds is 31. The number of unbranched alkanes of at least 4 members (excludes halogenated alkanes) is 2. The van der Waals surface area contributed by atoms with Crippen LogP contribution in [0.5, 0.6) is 0 Å². The van der Waals surface area contributed by atoms with Crippen LogP contribution in [0.4, 0.5) is 0 Å². The molecule has 44 heavy (non-hydrogen) atoms. The molecule has 0 aromatic heterocycles. The summed E-state index contributed by atoms with van der Waals surface area (Å²) in [5, 5.41) is 21.8. The molecule has 4 N–H and O–H groups in total. The van der Waals surface area contributed by atoms with E-state index in [0.29, 0.717) is 91.3 Å². The van der Waals surface area contributed by atoms with Gasteiger partial charge in [0.1, 0.15) is 12.8 Å². The Hall–Kier alpha value is -2.87. The molecule has 0 fully saturated rings. The van der Waals surface area contributed by atoms with Gasteiger partial charge < -0.3 is 49.0 Å². The smallest absolute Gasteiger partial charge is 0.260 e. The fourth-order valence-corrected chi connectivity index (χ4v) is 3.20. The first-order valence-corrected chi connectivity index (χ1v) is 15.1. The van der Waals surface area contributed by atoms with Gasteiger partial charge in [-0.3, -0.25) is 14.9 Å². The van der Waals surface area contributed by atoms with Crippen molar-refractivity contribution in [3.05, 3.63) is 35.9 Å². The molecule has 2 amide bonds. The zero-order chi connectivity index (χ0) is 31.8. The van der Waals surface area contributed by atoms with Crippen LogP contribution in [0.25, 0.3) is 0 Å². The summed E-state index contributed by atoms with van der Waals surface area (Å²) < 4.78 is 32.3. The maximum atomic E-state index is 11.7. The number of ether oxygens (including phenoxy) is 6. The van der Waals surface area contributed by atoms with Gasteiger partial charge in [-0.1, -0.05) is 43.1 Å². The number of aliphatic hydroxyl groups excluding tert-OH is 1. The van der Waals surface area contributed by atoms with Crippen LogP contribution in [0.2, 0.25) is 0 Å². The number of nitrogens with zero attached hydrogens (tertiary/aromatic N) is 1. The standard InChI is InChI=1S/C30H50N4O10/c1-2-3-7-10-31-28(35)24-43-25-29(36)32-11-13-38-15-17-40-19-21-42-22-20-41-18-16-39-14-12-33-30(37)26-44-34-23-27-8-5-4-6-9-27/h4-5,8,23,29,32,36H,2-3,7,10-22,24-26H2,1H3,(H,31,35)(H,33,37). The van der Waals surface area contributed by atoms with Gasteiger partial charge in [0.2, 0.25) is 5.91 Å². The fraction of sp³-hybridized carbons (Fsp3) is 0.700. The summed E-state index contributed by atoms with van der Waals surface area (Å²) in [5.74, 6) is -0.469. The molecule has 1 aromatic carbocycles. The molecule has 1 aromatic rings. The number of oxime groups is 1. The van der Waals surface area contributed by atoms with Gasteiger partial charge in [0.25, 0.3) is 5.91 Å². The van der Waals surface area contributed by atoms with Crippen LogP contribution in [0.15, 0.2) is 23.4 Å². The van der Waals surface area contributed by atoms with Crippen molar-refractivity contribution in [1.82, 2.24) is 16.0 Å². The second-order valence-electron chi connectivity index (χ2n) is 9.21. The lowest BCUT2D eigenvalue weighted by Gasteiger charge is -2.13. The highest BCUT2D eigenvalue weighted by Gasteiger charge is 2.06. The Kier molecular flexibility index (Phi) is 26.8. The van der Waals surface area contributed by atoms with Gasteiger partial charge in [-0.15, -0.1) is 0 Å². The molecule has 0 saturated heterocycles. The molecular formula is C30H50N4O10. The van der Waals surface area contributed by atoms with Crippen molar-refractivity contribution < 1.29 is 48.0 Å². The molecule has 0 bridgehead atoms. The van der Waals surface area contributed by atoms with Crippen LogP contribution in [0.1, 0.15) is 31.7 Å². The van der Waals surface area contributed by atoms with Crippen molar-refractivity contribution in [2.75, 3.05) is 106 Å². The largest absolute Gasteiger partial charge is 0.386 e. The molecule has 0 aliphatic carbocycles. The number of hydrogen-bond acceptors (Lipinski definition) is 12. The minimum atomic E-state index is -0.868. The Labute approximate surface area is 261 Å². The monoisotopic (exact) mass is 626 g/mol. The molecule has 1 rings (SSSR count). The lowest BCUT2D eigenvalue weighted by atomic mass is 10.2. The molecule has 0 saturated carbocycles. The highest BCUT2D eigenvalue weighted by molar-refractivity contribution is 5.79. The summed E-state index contributed by atoms with van der Waals surface area (Å²) in [4.78, 5) is 28.2. The zero-order valence-corrected chi connectivity index (χ0v) is 25.9. The number of carbonyl (C=O) groups is 2. The molecule has 0 heterocycles. The number of hydrogen-bond donors (Lipinski definition) is 4. The SMILES string of the molecule is CCCCCNC(=O)COCC(O)NCCOCCOCCOCCOCCOCCNC(=O)CON=Cc1c#cccc1. The molecule has 14 nitrogen and oxygen atoms in total. The number of nitrogens with one attached hydrogen (secondary N) is 3. The summed E-state index contributed by atoms with van der Waals surface area (Å²) in [6.07, 6.45) is 3.73. The second kappa shape index (κ2) is 30.2. The Morgan fingerprint density at radius 2 is 1.41 bits per heavy atom. The lowest BCUT2D eigenvalue weighted by Crippen LogP contribution is -2.37. The van der Waals surface area contributed by atoms with Crippen LogP contribution in [-0.4, -0.2) is 135 Å². The van der Waals surface area contributed by atoms with Crippen LogP contribution < -0.4 is 16.0 Å². The highest BCUT2D eigenvalue weighted by atomic mass is 16.6. The Morgan fingerprint density at radius 3 is 2.02 bits per heavy atom. The van der Waals surface area contributed by atoms with Crippen molar-refractivity contribution in [2.24, 2.45) is 5.16 Å². The zero-order valence-electron chi connectivity index (χ0n) is 25.9. The molecule has 1 unspecified atom stereocenters. The first-order valence-electron chi connectivity index (χ1n) is 15.1. The predicted molar refractivity (Wildman–Crippen MR) is 162 cm³/mol. The average Bonchev–Trinajstić information content (AvgIpc) is 3.03. The van der Waals surface area contributed by atoms with Crippen LogP contribution in [0.3, 0.4) is 0 Å². The van der Waals surface area contributed by atoms with E-state index in [1.54, 1.807) is 18.2 Å². The third kappa shape index (κ3) is 26.7. The third-order valence-electron chi connectivity index (χ3n) is 5.43. The summed E-state index contributed by atoms with van der Waals surface area (Å²) in [7, 11) is 0. The second-order valence-corrected chi connectivity index (χ2v) is 9.21. The van der Waals surface area contributed by atoms with Crippen molar-refractivity contribution in [2.45, 2.75) is 32.4 Å². The number of amides is 2. The van der Waals surface area contributed by atoms with Crippen molar-refractivity contribution in [3.8, 4) is 0 Å². The van der Waals surface area contributed by atoms with Crippen LogP contribution >= 0.6 is 0 Å². The molecule has 250 valence electrons. The van der Waals surface area contributed by atoms with Gasteiger partial charge >= 0.3 is 0 Å². The van der Waals surface area contributed by atoms with Gasteiger partial charge in [-0.2, -0.15) is 0 Å². The van der Waals surface area contributed by atoms with E-state index in [4.69, 9.17) is 33.3 Å². The van der Waals surface area contributed by atoms with Gasteiger partial charge in [-0.05, 0) is 18.6 Å². The van der Waals surface area contributed by atoms with E-state index in [2.05, 4.69) is 40.2 Å². The Morgan fingerprint density at radius 1 is 0.818 bits per heavy atom. The summed E-state index contributed by atoms with van der Waals surface area (Å²) >= 11 is 0. The average molecular weight is 627 g/mol. The summed E-state index contributed by atoms with van der Waals surface area (Å²) in [6.45, 7) is 7.55. The molecule has 0 radical (unpaired) electrons. The van der Waals surface area contributed by atoms with E-state index in [9.17, 15) is 14.7 Å². The third-order valence-corrected chi connectivity index (χ3v) is 5.43. The van der Waals surface area contributed by atoms with Crippen molar-refractivity contribution >= 4 is 18.0 Å². The van der Waals surface area contributed by atoms with E-state index >= 15 is 0 Å². The van der Waals surface area contributed by atoms with Crippen molar-refractivity contribution in [3.63, 3.8) is 0 Å². The maximum Gasteiger partial charge on any atom is 0.260 e. The molecule has 1 atom stereocenters. The van der Waals surface area contributed by atoms with Gasteiger partial charge in [-0.25, -0.2) is 0 Å². The van der Waals surface area contributed by atoms with Crippen molar-refractivity contribution in [1.29, 1.82) is 0 Å². The maximum absolute atomic E-state index is 11.7. The first-order chi connectivity index (χ1) is 21.6. The highest BCUT2D eigenvalue weighted by Crippen LogP contribution is 1.92. The number of aliphatic hydroxyl groups is 1. The molecule has 14 heteroatoms. The van der Waals surface area contributed by atoms with Gasteiger partial charge in [0.05, 0.1) is 78.9 Å². The number of carbonyl (C=O) groups excluding carboxylic acids is 2. The quantitative estimate of drug-likeness (QED) is 0.0381. The first kappa shape index (κ1) is 39.2. The molecular weight excluding hydrogens is 576 g/mol. The summed E-state index contributed by atoms with van der Waals surface area (Å²) in [6, 6.07) is 11.0. The molecule has 0 spiro atoms. The summed E-state index contributed by atoms with van der Waals surface area (Å²) in [5.41, 5.74) is 0.711. The van der Waals surface area contributed by atoms with Crippen LogP contribution in [-0.2, 0) is 42.8 Å².